The zero-order valence-corrected chi connectivity index (χ0v) is 17.1. The molecular formula is C16H12N2O9S3. The number of benzene rings is 3. The smallest absolute Gasteiger partial charge is 0.282 e. The highest BCUT2D eigenvalue weighted by molar-refractivity contribution is 7.86. The monoisotopic (exact) mass is 472 g/mol. The largest absolute Gasteiger partial charge is 0.296 e. The van der Waals surface area contributed by atoms with Crippen molar-refractivity contribution < 1.29 is 38.9 Å². The normalized spacial score (nSPS) is 13.2. The van der Waals surface area contributed by atoms with Crippen LogP contribution in [0.25, 0.3) is 10.8 Å². The summed E-state index contributed by atoms with van der Waals surface area (Å²) in [5, 5.41) is 7.70. The van der Waals surface area contributed by atoms with E-state index in [1.807, 2.05) is 0 Å². The van der Waals surface area contributed by atoms with E-state index in [4.69, 9.17) is 0 Å². The van der Waals surface area contributed by atoms with Crippen molar-refractivity contribution in [2.45, 2.75) is 14.7 Å². The van der Waals surface area contributed by atoms with E-state index in [0.29, 0.717) is 0 Å². The second-order valence-electron chi connectivity index (χ2n) is 5.92. The molecule has 0 unspecified atom stereocenters. The van der Waals surface area contributed by atoms with Gasteiger partial charge in [0.2, 0.25) is 0 Å². The summed E-state index contributed by atoms with van der Waals surface area (Å²) in [6, 6.07) is 10.2. The highest BCUT2D eigenvalue weighted by Gasteiger charge is 2.18. The summed E-state index contributed by atoms with van der Waals surface area (Å²) >= 11 is 0. The van der Waals surface area contributed by atoms with E-state index in [1.165, 1.54) is 24.3 Å². The van der Waals surface area contributed by atoms with Gasteiger partial charge in [0.25, 0.3) is 30.4 Å². The molecule has 0 heterocycles. The van der Waals surface area contributed by atoms with Crippen LogP contribution in [-0.4, -0.2) is 38.9 Å². The molecule has 0 aliphatic heterocycles. The molecule has 158 valence electrons. The van der Waals surface area contributed by atoms with E-state index < -0.39 is 45.0 Å². The van der Waals surface area contributed by atoms with Gasteiger partial charge in [-0.25, -0.2) is 0 Å². The summed E-state index contributed by atoms with van der Waals surface area (Å²) in [5.74, 6) is 0. The summed E-state index contributed by atoms with van der Waals surface area (Å²) in [5.41, 5.74) is -0.410. The van der Waals surface area contributed by atoms with E-state index in [9.17, 15) is 38.9 Å². The van der Waals surface area contributed by atoms with Crippen LogP contribution in [0.2, 0.25) is 0 Å². The molecule has 0 atom stereocenters. The third kappa shape index (κ3) is 4.69. The van der Waals surface area contributed by atoms with Gasteiger partial charge >= 0.3 is 0 Å². The molecule has 3 rings (SSSR count). The van der Waals surface area contributed by atoms with Gasteiger partial charge in [-0.2, -0.15) is 25.3 Å². The first-order chi connectivity index (χ1) is 13.8. The molecule has 11 nitrogen and oxygen atoms in total. The van der Waals surface area contributed by atoms with Gasteiger partial charge in [-0.05, 0) is 41.8 Å². The van der Waals surface area contributed by atoms with Crippen LogP contribution in [0.5, 0.6) is 0 Å². The summed E-state index contributed by atoms with van der Waals surface area (Å²) < 4.78 is 96.6. The molecular weight excluding hydrogens is 460 g/mol. The van der Waals surface area contributed by atoms with Gasteiger partial charge in [0.1, 0.15) is 10.6 Å². The van der Waals surface area contributed by atoms with Gasteiger partial charge in [-0.3, -0.25) is 13.7 Å². The van der Waals surface area contributed by atoms with Gasteiger partial charge in [0.05, 0.1) is 15.5 Å². The first-order valence-corrected chi connectivity index (χ1v) is 12.1. The molecule has 3 aromatic carbocycles. The molecule has 14 heteroatoms. The van der Waals surface area contributed by atoms with Crippen molar-refractivity contribution in [2.75, 3.05) is 0 Å². The van der Waals surface area contributed by atoms with Crippen LogP contribution in [0.4, 0.5) is 11.4 Å². The lowest BCUT2D eigenvalue weighted by Gasteiger charge is -2.07. The molecule has 0 bridgehead atoms. The standard InChI is InChI=1S/C16H12N2O9S3/c19-28(20,21)11-5-6-13-10(7-11)8-12(29(22,23)24)9-15(13)18-17-14-3-1-2-4-16(14)30(25,26)27/h1-9H,(H,19,20,21)(H,22,23,24)(H,25,26,27). The maximum Gasteiger partial charge on any atom is 0.296 e. The number of fused-ring (bicyclic) bond motifs is 1. The first kappa shape index (κ1) is 21.9. The Morgan fingerprint density at radius 2 is 1.17 bits per heavy atom. The summed E-state index contributed by atoms with van der Waals surface area (Å²) in [6.45, 7) is 0. The molecule has 0 radical (unpaired) electrons. The lowest BCUT2D eigenvalue weighted by molar-refractivity contribution is 0.481. The van der Waals surface area contributed by atoms with Crippen molar-refractivity contribution in [3.05, 3.63) is 54.6 Å². The van der Waals surface area contributed by atoms with Crippen LogP contribution in [0.3, 0.4) is 0 Å². The van der Waals surface area contributed by atoms with Crippen LogP contribution in [0.1, 0.15) is 0 Å². The summed E-state index contributed by atoms with van der Waals surface area (Å²) in [6.07, 6.45) is 0. The molecule has 3 N–H and O–H groups in total. The Hall–Kier alpha value is -2.75. The molecule has 0 spiro atoms. The minimum atomic E-state index is -4.73. The Balaban J connectivity index is 2.27. The average Bonchev–Trinajstić information content (AvgIpc) is 2.63. The van der Waals surface area contributed by atoms with Gasteiger partial charge in [0.15, 0.2) is 0 Å². The van der Waals surface area contributed by atoms with E-state index in [0.717, 1.165) is 30.3 Å². The topological polar surface area (TPSA) is 188 Å². The predicted molar refractivity (Wildman–Crippen MR) is 104 cm³/mol. The summed E-state index contributed by atoms with van der Waals surface area (Å²) in [7, 11) is -13.9. The van der Waals surface area contributed by atoms with Gasteiger partial charge in [0, 0.05) is 5.39 Å². The number of azo groups is 1. The number of hydrogen-bond donors (Lipinski definition) is 3. The highest BCUT2D eigenvalue weighted by atomic mass is 32.2. The lowest BCUT2D eigenvalue weighted by Crippen LogP contribution is -2.00. The minimum Gasteiger partial charge on any atom is -0.282 e. The van der Waals surface area contributed by atoms with Crippen molar-refractivity contribution >= 4 is 52.5 Å². The second-order valence-corrected chi connectivity index (χ2v) is 10.2. The van der Waals surface area contributed by atoms with Gasteiger partial charge < -0.3 is 0 Å². The lowest BCUT2D eigenvalue weighted by atomic mass is 10.1. The number of hydrogen-bond acceptors (Lipinski definition) is 8. The first-order valence-electron chi connectivity index (χ1n) is 7.78. The fourth-order valence-corrected chi connectivity index (χ4v) is 4.23. The Labute approximate surface area is 171 Å². The van der Waals surface area contributed by atoms with Crippen LogP contribution in [-0.2, 0) is 30.4 Å². The molecule has 0 aliphatic rings. The van der Waals surface area contributed by atoms with E-state index in [2.05, 4.69) is 10.2 Å². The molecule has 0 saturated heterocycles. The van der Waals surface area contributed by atoms with E-state index in [-0.39, 0.29) is 22.1 Å². The summed E-state index contributed by atoms with van der Waals surface area (Å²) in [4.78, 5) is -1.71. The molecule has 0 aliphatic carbocycles. The zero-order chi connectivity index (χ0) is 22.3. The predicted octanol–water partition coefficient (Wildman–Crippen LogP) is 3.00. The third-order valence-corrected chi connectivity index (χ3v) is 6.46. The van der Waals surface area contributed by atoms with E-state index in [1.54, 1.807) is 0 Å². The fourth-order valence-electron chi connectivity index (χ4n) is 2.56. The van der Waals surface area contributed by atoms with Crippen molar-refractivity contribution in [1.29, 1.82) is 0 Å². The van der Waals surface area contributed by atoms with E-state index >= 15 is 0 Å². The molecule has 3 aromatic rings. The van der Waals surface area contributed by atoms with Crippen molar-refractivity contribution in [1.82, 2.24) is 0 Å². The molecule has 30 heavy (non-hydrogen) atoms. The SMILES string of the molecule is O=S(=O)(O)c1ccc2c(N=Nc3ccccc3S(=O)(=O)O)cc(S(=O)(=O)O)cc2c1. The molecule has 0 amide bonds. The third-order valence-electron chi connectivity index (χ3n) is 3.88. The van der Waals surface area contributed by atoms with Gasteiger partial charge in [-0.1, -0.05) is 18.2 Å². The molecule has 0 saturated carbocycles. The molecule has 0 aromatic heterocycles. The van der Waals surface area contributed by atoms with Crippen LogP contribution < -0.4 is 0 Å². The van der Waals surface area contributed by atoms with Crippen molar-refractivity contribution in [3.8, 4) is 0 Å². The van der Waals surface area contributed by atoms with Crippen LogP contribution in [0.15, 0.2) is 79.5 Å². The number of nitrogens with zero attached hydrogens (tertiary/aromatic N) is 2. The Bertz CT molecular complexity index is 1510. The quantitative estimate of drug-likeness (QED) is 0.370. The Kier molecular flexibility index (Phi) is 5.48. The Morgan fingerprint density at radius 3 is 1.77 bits per heavy atom. The average molecular weight is 472 g/mol. The Morgan fingerprint density at radius 1 is 0.600 bits per heavy atom. The highest BCUT2D eigenvalue weighted by Crippen LogP contribution is 2.33. The second kappa shape index (κ2) is 7.50. The van der Waals surface area contributed by atoms with Crippen LogP contribution in [0, 0.1) is 0 Å². The molecule has 0 fully saturated rings. The van der Waals surface area contributed by atoms with Gasteiger partial charge in [-0.15, -0.1) is 10.2 Å². The maximum absolute atomic E-state index is 11.6. The zero-order valence-electron chi connectivity index (χ0n) is 14.6. The van der Waals surface area contributed by atoms with Crippen molar-refractivity contribution in [2.24, 2.45) is 10.2 Å². The minimum absolute atomic E-state index is 0.0164. The van der Waals surface area contributed by atoms with Crippen LogP contribution >= 0.6 is 0 Å². The maximum atomic E-state index is 11.6. The fraction of sp³-hybridized carbons (Fsp3) is 0. The number of rotatable bonds is 5. The van der Waals surface area contributed by atoms with Crippen molar-refractivity contribution in [3.63, 3.8) is 0 Å².